The molecule has 3 heterocycles. The van der Waals surface area contributed by atoms with Crippen LogP contribution in [0.15, 0.2) is 60.0 Å². The van der Waals surface area contributed by atoms with Gasteiger partial charge in [-0.3, -0.25) is 4.90 Å². The van der Waals surface area contributed by atoms with Gasteiger partial charge in [-0.1, -0.05) is 36.4 Å². The SMILES string of the molecule is NCCCc1ccc(-c2ccnc(NC3C=C(CN4CCC(C=O)CC4)C(N4CCOCC4)=CC3)n2)cc1. The third-order valence-corrected chi connectivity index (χ3v) is 7.76. The highest BCUT2D eigenvalue weighted by molar-refractivity contribution is 5.60. The zero-order valence-electron chi connectivity index (χ0n) is 22.2. The molecule has 2 saturated heterocycles. The average molecular weight is 517 g/mol. The summed E-state index contributed by atoms with van der Waals surface area (Å²) in [7, 11) is 0. The number of carbonyl (C=O) groups excluding carboxylic acids is 1. The Morgan fingerprint density at radius 2 is 1.87 bits per heavy atom. The molecule has 0 radical (unpaired) electrons. The van der Waals surface area contributed by atoms with Crippen molar-refractivity contribution >= 4 is 12.2 Å². The Morgan fingerprint density at radius 3 is 2.61 bits per heavy atom. The van der Waals surface area contributed by atoms with E-state index in [1.807, 2.05) is 12.3 Å². The Balaban J connectivity index is 1.29. The lowest BCUT2D eigenvalue weighted by atomic mass is 9.95. The summed E-state index contributed by atoms with van der Waals surface area (Å²) in [5, 5.41) is 3.57. The lowest BCUT2D eigenvalue weighted by Gasteiger charge is -2.37. The smallest absolute Gasteiger partial charge is 0.223 e. The summed E-state index contributed by atoms with van der Waals surface area (Å²) in [4.78, 5) is 25.5. The number of hydrogen-bond donors (Lipinski definition) is 2. The molecule has 0 bridgehead atoms. The van der Waals surface area contributed by atoms with Gasteiger partial charge in [-0.15, -0.1) is 0 Å². The molecule has 0 saturated carbocycles. The molecule has 3 N–H and O–H groups in total. The Bertz CT molecular complexity index is 1120. The first-order chi connectivity index (χ1) is 18.7. The highest BCUT2D eigenvalue weighted by Gasteiger charge is 2.26. The van der Waals surface area contributed by atoms with E-state index in [4.69, 9.17) is 15.5 Å². The van der Waals surface area contributed by atoms with Crippen LogP contribution >= 0.6 is 0 Å². The molecule has 202 valence electrons. The number of hydrogen-bond acceptors (Lipinski definition) is 8. The first kappa shape index (κ1) is 26.5. The first-order valence-electron chi connectivity index (χ1n) is 14.0. The molecule has 38 heavy (non-hydrogen) atoms. The number of likely N-dealkylation sites (tertiary alicyclic amines) is 1. The largest absolute Gasteiger partial charge is 0.378 e. The number of rotatable bonds is 10. The van der Waals surface area contributed by atoms with Gasteiger partial charge >= 0.3 is 0 Å². The number of piperidine rings is 1. The zero-order chi connectivity index (χ0) is 26.2. The monoisotopic (exact) mass is 516 g/mol. The third-order valence-electron chi connectivity index (χ3n) is 7.76. The minimum absolute atomic E-state index is 0.121. The van der Waals surface area contributed by atoms with E-state index < -0.39 is 0 Å². The number of nitrogens with two attached hydrogens (primary N) is 1. The molecule has 2 aliphatic heterocycles. The fourth-order valence-electron chi connectivity index (χ4n) is 5.53. The summed E-state index contributed by atoms with van der Waals surface area (Å²) < 4.78 is 5.61. The number of benzene rings is 1. The molecule has 1 aromatic heterocycles. The number of aromatic nitrogens is 2. The van der Waals surface area contributed by atoms with Crippen LogP contribution in [0.4, 0.5) is 5.95 Å². The van der Waals surface area contributed by atoms with Crippen LogP contribution in [0.25, 0.3) is 11.3 Å². The molecule has 1 aliphatic carbocycles. The highest BCUT2D eigenvalue weighted by atomic mass is 16.5. The topological polar surface area (TPSA) is 96.6 Å². The van der Waals surface area contributed by atoms with Crippen molar-refractivity contribution in [2.24, 2.45) is 11.7 Å². The number of nitrogens with one attached hydrogen (secondary N) is 1. The highest BCUT2D eigenvalue weighted by Crippen LogP contribution is 2.28. The van der Waals surface area contributed by atoms with Crippen LogP contribution in [0.5, 0.6) is 0 Å². The zero-order valence-corrected chi connectivity index (χ0v) is 22.2. The van der Waals surface area contributed by atoms with Crippen LogP contribution in [-0.2, 0) is 16.0 Å². The molecule has 2 aromatic rings. The summed E-state index contributed by atoms with van der Waals surface area (Å²) >= 11 is 0. The van der Waals surface area contributed by atoms with Gasteiger partial charge in [-0.25, -0.2) is 9.97 Å². The lowest BCUT2D eigenvalue weighted by molar-refractivity contribution is -0.112. The molecule has 0 amide bonds. The predicted molar refractivity (Wildman–Crippen MR) is 151 cm³/mol. The lowest BCUT2D eigenvalue weighted by Crippen LogP contribution is -2.41. The van der Waals surface area contributed by atoms with E-state index in [1.54, 1.807) is 0 Å². The minimum atomic E-state index is 0.121. The van der Waals surface area contributed by atoms with Crippen molar-refractivity contribution < 1.29 is 9.53 Å². The van der Waals surface area contributed by atoms with Crippen LogP contribution < -0.4 is 11.1 Å². The van der Waals surface area contributed by atoms with Gasteiger partial charge in [0, 0.05) is 43.0 Å². The number of morpholine rings is 1. The van der Waals surface area contributed by atoms with Gasteiger partial charge in [-0.05, 0) is 68.9 Å². The van der Waals surface area contributed by atoms with Crippen LogP contribution in [0.2, 0.25) is 0 Å². The van der Waals surface area contributed by atoms with Crippen molar-refractivity contribution in [3.63, 3.8) is 0 Å². The van der Waals surface area contributed by atoms with E-state index >= 15 is 0 Å². The normalized spacial score (nSPS) is 21.1. The second kappa shape index (κ2) is 13.1. The van der Waals surface area contributed by atoms with Crippen LogP contribution in [0.1, 0.15) is 31.2 Å². The van der Waals surface area contributed by atoms with E-state index in [0.29, 0.717) is 12.5 Å². The van der Waals surface area contributed by atoms with Crippen LogP contribution in [0.3, 0.4) is 0 Å². The summed E-state index contributed by atoms with van der Waals surface area (Å²) in [6, 6.07) is 10.7. The Hall–Kier alpha value is -3.07. The van der Waals surface area contributed by atoms with E-state index in [2.05, 4.69) is 56.5 Å². The Kier molecular flexibility index (Phi) is 9.17. The molecule has 1 atom stereocenters. The molecule has 0 spiro atoms. The van der Waals surface area contributed by atoms with Gasteiger partial charge < -0.3 is 25.5 Å². The predicted octanol–water partition coefficient (Wildman–Crippen LogP) is 3.27. The second-order valence-corrected chi connectivity index (χ2v) is 10.5. The van der Waals surface area contributed by atoms with Crippen molar-refractivity contribution in [1.29, 1.82) is 0 Å². The van der Waals surface area contributed by atoms with Gasteiger partial charge in [0.1, 0.15) is 6.29 Å². The molecule has 2 fully saturated rings. The Labute approximate surface area is 226 Å². The molecule has 3 aliphatic rings. The van der Waals surface area contributed by atoms with E-state index in [0.717, 1.165) is 95.6 Å². The van der Waals surface area contributed by atoms with Crippen molar-refractivity contribution in [3.8, 4) is 11.3 Å². The van der Waals surface area contributed by atoms with E-state index in [9.17, 15) is 4.79 Å². The van der Waals surface area contributed by atoms with E-state index in [1.165, 1.54) is 16.8 Å². The standard InChI is InChI=1S/C30H40N6O2/c31-12-1-2-23-3-5-25(6-4-23)28-9-13-32-30(34-28)33-27-7-8-29(36-16-18-38-19-17-36)26(20-27)21-35-14-10-24(22-37)11-15-35/h3-6,8-9,13,20,22,24,27H,1-2,7,10-12,14-19,21,31H2,(H,32,33,34). The third kappa shape index (κ3) is 6.87. The molecular weight excluding hydrogens is 476 g/mol. The quantitative estimate of drug-likeness (QED) is 0.465. The second-order valence-electron chi connectivity index (χ2n) is 10.5. The van der Waals surface area contributed by atoms with Crippen molar-refractivity contribution in [2.75, 3.05) is 57.8 Å². The average Bonchev–Trinajstić information content (AvgIpc) is 2.97. The number of carbonyl (C=O) groups is 1. The Morgan fingerprint density at radius 1 is 1.08 bits per heavy atom. The molecule has 1 aromatic carbocycles. The van der Waals surface area contributed by atoms with Crippen molar-refractivity contribution in [1.82, 2.24) is 19.8 Å². The minimum Gasteiger partial charge on any atom is -0.378 e. The molecule has 5 rings (SSSR count). The molecular formula is C30H40N6O2. The summed E-state index contributed by atoms with van der Waals surface area (Å²) in [6.45, 7) is 6.91. The van der Waals surface area contributed by atoms with Crippen molar-refractivity contribution in [3.05, 3.63) is 65.5 Å². The summed E-state index contributed by atoms with van der Waals surface area (Å²) in [5.41, 5.74) is 11.6. The molecule has 8 nitrogen and oxygen atoms in total. The number of nitrogens with zero attached hydrogens (tertiary/aromatic N) is 4. The fraction of sp³-hybridized carbons (Fsp3) is 0.500. The number of ether oxygens (including phenoxy) is 1. The summed E-state index contributed by atoms with van der Waals surface area (Å²) in [6.07, 6.45) is 12.4. The number of aldehydes is 1. The van der Waals surface area contributed by atoms with Gasteiger partial charge in [0.2, 0.25) is 5.95 Å². The number of aryl methyl sites for hydroxylation is 1. The van der Waals surface area contributed by atoms with Gasteiger partial charge in [0.15, 0.2) is 0 Å². The van der Waals surface area contributed by atoms with Gasteiger partial charge in [-0.2, -0.15) is 0 Å². The summed E-state index contributed by atoms with van der Waals surface area (Å²) in [5.74, 6) is 0.854. The molecule has 8 heteroatoms. The van der Waals surface area contributed by atoms with Crippen LogP contribution in [-0.4, -0.2) is 84.6 Å². The van der Waals surface area contributed by atoms with Crippen molar-refractivity contribution in [2.45, 2.75) is 38.1 Å². The maximum Gasteiger partial charge on any atom is 0.223 e. The molecule has 1 unspecified atom stereocenters. The number of anilines is 1. The maximum absolute atomic E-state index is 11.2. The van der Waals surface area contributed by atoms with Crippen LogP contribution in [0, 0.1) is 5.92 Å². The fourth-order valence-corrected chi connectivity index (χ4v) is 5.53. The first-order valence-corrected chi connectivity index (χ1v) is 14.0. The maximum atomic E-state index is 11.2. The van der Waals surface area contributed by atoms with Gasteiger partial charge in [0.25, 0.3) is 0 Å². The van der Waals surface area contributed by atoms with E-state index in [-0.39, 0.29) is 12.0 Å². The van der Waals surface area contributed by atoms with Gasteiger partial charge in [0.05, 0.1) is 24.9 Å².